The molecule has 0 aliphatic heterocycles. The number of hydrogen-bond acceptors (Lipinski definition) is 4. The van der Waals surface area contributed by atoms with E-state index in [9.17, 15) is 5.11 Å². The smallest absolute Gasteiger partial charge is 0.227 e. The van der Waals surface area contributed by atoms with Crippen molar-refractivity contribution >= 4 is 34.6 Å². The van der Waals surface area contributed by atoms with Gasteiger partial charge in [-0.15, -0.1) is 0 Å². The lowest BCUT2D eigenvalue weighted by Crippen LogP contribution is -1.92. The molecule has 1 heterocycles. The number of phenols is 1. The molecule has 0 saturated heterocycles. The van der Waals surface area contributed by atoms with Crippen molar-refractivity contribution in [2.75, 3.05) is 0 Å². The van der Waals surface area contributed by atoms with Gasteiger partial charge >= 0.3 is 0 Å². The van der Waals surface area contributed by atoms with Gasteiger partial charge in [-0.3, -0.25) is 4.99 Å². The van der Waals surface area contributed by atoms with Crippen LogP contribution in [0.1, 0.15) is 27.8 Å². The van der Waals surface area contributed by atoms with Gasteiger partial charge in [0.2, 0.25) is 5.89 Å². The van der Waals surface area contributed by atoms with E-state index in [0.717, 1.165) is 33.5 Å². The summed E-state index contributed by atoms with van der Waals surface area (Å²) < 4.78 is 5.95. The molecule has 5 heteroatoms. The zero-order chi connectivity index (χ0) is 20.7. The SMILES string of the molecule is Cc1cc2nc(-c3cccc(N=Cc4c(O)cc(C)c(Cl)c4C)c3)oc2cc1C. The Labute approximate surface area is 174 Å². The van der Waals surface area contributed by atoms with Crippen molar-refractivity contribution in [3.63, 3.8) is 0 Å². The largest absolute Gasteiger partial charge is 0.507 e. The molecule has 0 amide bonds. The summed E-state index contributed by atoms with van der Waals surface area (Å²) in [6, 6.07) is 13.3. The lowest BCUT2D eigenvalue weighted by atomic mass is 10.0. The van der Waals surface area contributed by atoms with E-state index in [2.05, 4.69) is 23.8 Å². The molecule has 0 unspecified atom stereocenters. The summed E-state index contributed by atoms with van der Waals surface area (Å²) in [7, 11) is 0. The van der Waals surface area contributed by atoms with Crippen LogP contribution in [0.4, 0.5) is 5.69 Å². The first-order valence-corrected chi connectivity index (χ1v) is 9.72. The topological polar surface area (TPSA) is 58.6 Å². The van der Waals surface area contributed by atoms with Crippen LogP contribution in [0.2, 0.25) is 5.02 Å². The molecule has 0 fully saturated rings. The molecule has 0 spiro atoms. The fourth-order valence-electron chi connectivity index (χ4n) is 3.28. The highest BCUT2D eigenvalue weighted by molar-refractivity contribution is 6.32. The van der Waals surface area contributed by atoms with Crippen molar-refractivity contribution in [3.8, 4) is 17.2 Å². The van der Waals surface area contributed by atoms with E-state index in [0.29, 0.717) is 16.5 Å². The van der Waals surface area contributed by atoms with E-state index in [-0.39, 0.29) is 5.75 Å². The number of rotatable bonds is 3. The maximum atomic E-state index is 10.3. The number of hydrogen-bond donors (Lipinski definition) is 1. The molecular weight excluding hydrogens is 384 g/mol. The molecular formula is C24H21ClN2O2. The first-order chi connectivity index (χ1) is 13.8. The van der Waals surface area contributed by atoms with Crippen molar-refractivity contribution in [2.45, 2.75) is 27.7 Å². The number of aryl methyl sites for hydroxylation is 3. The van der Waals surface area contributed by atoms with Crippen LogP contribution < -0.4 is 0 Å². The molecule has 1 N–H and O–H groups in total. The van der Waals surface area contributed by atoms with E-state index < -0.39 is 0 Å². The van der Waals surface area contributed by atoms with Gasteiger partial charge in [-0.25, -0.2) is 4.98 Å². The summed E-state index contributed by atoms with van der Waals surface area (Å²) in [5.41, 5.74) is 7.78. The van der Waals surface area contributed by atoms with Crippen molar-refractivity contribution in [1.29, 1.82) is 0 Å². The van der Waals surface area contributed by atoms with Gasteiger partial charge in [0.25, 0.3) is 0 Å². The Morgan fingerprint density at radius 2 is 1.76 bits per heavy atom. The van der Waals surface area contributed by atoms with Gasteiger partial charge < -0.3 is 9.52 Å². The van der Waals surface area contributed by atoms with Crippen LogP contribution in [-0.4, -0.2) is 16.3 Å². The number of benzene rings is 3. The Balaban J connectivity index is 1.70. The summed E-state index contributed by atoms with van der Waals surface area (Å²) >= 11 is 6.31. The van der Waals surface area contributed by atoms with Gasteiger partial charge in [0.05, 0.1) is 5.69 Å². The molecule has 4 aromatic rings. The van der Waals surface area contributed by atoms with Gasteiger partial charge in [0.15, 0.2) is 5.58 Å². The summed E-state index contributed by atoms with van der Waals surface area (Å²) in [6.07, 6.45) is 1.63. The Kier molecular flexibility index (Phi) is 4.89. The molecule has 3 aromatic carbocycles. The van der Waals surface area contributed by atoms with Gasteiger partial charge in [0, 0.05) is 22.4 Å². The lowest BCUT2D eigenvalue weighted by molar-refractivity contribution is 0.473. The van der Waals surface area contributed by atoms with Crippen LogP contribution in [-0.2, 0) is 0 Å². The molecule has 0 saturated carbocycles. The highest BCUT2D eigenvalue weighted by Crippen LogP contribution is 2.31. The zero-order valence-electron chi connectivity index (χ0n) is 16.7. The van der Waals surface area contributed by atoms with Crippen LogP contribution in [0, 0.1) is 27.7 Å². The summed E-state index contributed by atoms with van der Waals surface area (Å²) in [4.78, 5) is 9.14. The van der Waals surface area contributed by atoms with Crippen molar-refractivity contribution < 1.29 is 9.52 Å². The molecule has 0 bridgehead atoms. The third-order valence-corrected chi connectivity index (χ3v) is 5.73. The average Bonchev–Trinajstić information content (AvgIpc) is 3.09. The molecule has 4 nitrogen and oxygen atoms in total. The monoisotopic (exact) mass is 404 g/mol. The normalized spacial score (nSPS) is 11.6. The minimum atomic E-state index is 0.161. The third-order valence-electron chi connectivity index (χ3n) is 5.15. The van der Waals surface area contributed by atoms with Crippen LogP contribution >= 0.6 is 11.6 Å². The summed E-state index contributed by atoms with van der Waals surface area (Å²) in [5, 5.41) is 10.9. The fraction of sp³-hybridized carbons (Fsp3) is 0.167. The summed E-state index contributed by atoms with van der Waals surface area (Å²) in [5.74, 6) is 0.716. The van der Waals surface area contributed by atoms with Gasteiger partial charge in [-0.1, -0.05) is 17.7 Å². The summed E-state index contributed by atoms with van der Waals surface area (Å²) in [6.45, 7) is 7.85. The molecule has 146 valence electrons. The minimum absolute atomic E-state index is 0.161. The molecule has 1 aromatic heterocycles. The zero-order valence-corrected chi connectivity index (χ0v) is 17.5. The van der Waals surface area contributed by atoms with E-state index in [4.69, 9.17) is 16.0 Å². The molecule has 0 radical (unpaired) electrons. The Hall–Kier alpha value is -3.11. The number of aromatic hydroxyl groups is 1. The third kappa shape index (κ3) is 3.64. The van der Waals surface area contributed by atoms with Crippen molar-refractivity contribution in [2.24, 2.45) is 4.99 Å². The number of oxazole rings is 1. The van der Waals surface area contributed by atoms with Crippen LogP contribution in [0.15, 0.2) is 51.9 Å². The van der Waals surface area contributed by atoms with Gasteiger partial charge in [-0.05, 0) is 86.3 Å². The number of aromatic nitrogens is 1. The van der Waals surface area contributed by atoms with Crippen molar-refractivity contribution in [3.05, 3.63) is 75.3 Å². The van der Waals surface area contributed by atoms with E-state index in [1.54, 1.807) is 12.3 Å². The second-order valence-corrected chi connectivity index (χ2v) is 7.67. The second-order valence-electron chi connectivity index (χ2n) is 7.30. The molecule has 29 heavy (non-hydrogen) atoms. The minimum Gasteiger partial charge on any atom is -0.507 e. The van der Waals surface area contributed by atoms with Crippen LogP contribution in [0.5, 0.6) is 5.75 Å². The predicted molar refractivity (Wildman–Crippen MR) is 119 cm³/mol. The number of fused-ring (bicyclic) bond motifs is 1. The second kappa shape index (κ2) is 7.37. The predicted octanol–water partition coefficient (Wildman–Crippen LogP) is 6.84. The van der Waals surface area contributed by atoms with E-state index in [1.165, 1.54) is 11.1 Å². The standard InChI is InChI=1S/C24H21ClN2O2/c1-13-8-20-22(10-14(13)2)29-24(27-20)17-6-5-7-18(11-17)26-12-19-16(4)23(25)15(3)9-21(19)28/h5-12,28H,1-4H3. The highest BCUT2D eigenvalue weighted by atomic mass is 35.5. The maximum absolute atomic E-state index is 10.3. The quantitative estimate of drug-likeness (QED) is 0.380. The number of aliphatic imine (C=N–C) groups is 1. The van der Waals surface area contributed by atoms with E-state index in [1.807, 2.05) is 50.2 Å². The number of halogens is 1. The number of nitrogens with zero attached hydrogens (tertiary/aromatic N) is 2. The van der Waals surface area contributed by atoms with E-state index >= 15 is 0 Å². The van der Waals surface area contributed by atoms with Gasteiger partial charge in [-0.2, -0.15) is 0 Å². The molecule has 0 aliphatic rings. The lowest BCUT2D eigenvalue weighted by Gasteiger charge is -2.08. The van der Waals surface area contributed by atoms with Gasteiger partial charge in [0.1, 0.15) is 11.3 Å². The number of phenolic OH excluding ortho intramolecular Hbond substituents is 1. The average molecular weight is 405 g/mol. The molecule has 4 rings (SSSR count). The Bertz CT molecular complexity index is 1230. The highest BCUT2D eigenvalue weighted by Gasteiger charge is 2.11. The van der Waals surface area contributed by atoms with Crippen LogP contribution in [0.25, 0.3) is 22.6 Å². The Morgan fingerprint density at radius 1 is 1.00 bits per heavy atom. The Morgan fingerprint density at radius 3 is 2.55 bits per heavy atom. The van der Waals surface area contributed by atoms with Crippen LogP contribution in [0.3, 0.4) is 0 Å². The first-order valence-electron chi connectivity index (χ1n) is 9.34. The first kappa shape index (κ1) is 19.2. The molecule has 0 aliphatic carbocycles. The maximum Gasteiger partial charge on any atom is 0.227 e. The van der Waals surface area contributed by atoms with Crippen molar-refractivity contribution in [1.82, 2.24) is 4.98 Å². The molecule has 0 atom stereocenters. The fourth-order valence-corrected chi connectivity index (χ4v) is 3.43.